The minimum atomic E-state index is 0.713. The van der Waals surface area contributed by atoms with Gasteiger partial charge in [0.2, 0.25) is 0 Å². The number of aromatic nitrogens is 1. The molecule has 0 saturated carbocycles. The summed E-state index contributed by atoms with van der Waals surface area (Å²) in [5.41, 5.74) is 7.31. The number of aryl methyl sites for hydroxylation is 2. The van der Waals surface area contributed by atoms with Crippen LogP contribution in [0.3, 0.4) is 0 Å². The van der Waals surface area contributed by atoms with Gasteiger partial charge in [0.1, 0.15) is 12.0 Å². The van der Waals surface area contributed by atoms with Crippen LogP contribution >= 0.6 is 0 Å². The Bertz CT molecular complexity index is 877. The van der Waals surface area contributed by atoms with Crippen LogP contribution in [0.1, 0.15) is 27.0 Å². The summed E-state index contributed by atoms with van der Waals surface area (Å²) in [5, 5.41) is 4.30. The zero-order chi connectivity index (χ0) is 15.1. The largest absolute Gasteiger partial charge is 0.355 e. The van der Waals surface area contributed by atoms with Crippen molar-refractivity contribution in [2.24, 2.45) is 0 Å². The molecule has 4 rings (SSSR count). The van der Waals surface area contributed by atoms with E-state index < -0.39 is 0 Å². The van der Waals surface area contributed by atoms with Crippen molar-refractivity contribution in [3.05, 3.63) is 64.7 Å². The number of benzene rings is 2. The van der Waals surface area contributed by atoms with Crippen LogP contribution in [0.25, 0.3) is 22.6 Å². The minimum Gasteiger partial charge on any atom is -0.355 e. The molecule has 1 aliphatic carbocycles. The summed E-state index contributed by atoms with van der Waals surface area (Å²) in [6.07, 6.45) is 2.68. The molecule has 0 saturated heterocycles. The van der Waals surface area contributed by atoms with Crippen LogP contribution in [0.15, 0.2) is 47.0 Å². The van der Waals surface area contributed by atoms with Gasteiger partial charge in [0.25, 0.3) is 0 Å². The van der Waals surface area contributed by atoms with E-state index in [1.807, 2.05) is 24.3 Å². The molecule has 0 bridgehead atoms. The van der Waals surface area contributed by atoms with E-state index in [4.69, 9.17) is 4.52 Å². The molecule has 108 valence electrons. The normalized spacial score (nSPS) is 12.6. The predicted octanol–water partition coefficient (Wildman–Crippen LogP) is 4.23. The maximum absolute atomic E-state index is 10.9. The van der Waals surface area contributed by atoms with Gasteiger partial charge in [-0.25, -0.2) is 0 Å². The Kier molecular flexibility index (Phi) is 2.93. The number of fused-ring (bicyclic) bond motifs is 3. The zero-order valence-electron chi connectivity index (χ0n) is 12.3. The van der Waals surface area contributed by atoms with Gasteiger partial charge in [-0.3, -0.25) is 4.79 Å². The van der Waals surface area contributed by atoms with E-state index in [9.17, 15) is 4.79 Å². The summed E-state index contributed by atoms with van der Waals surface area (Å²) < 4.78 is 5.65. The lowest BCUT2D eigenvalue weighted by Gasteiger charge is -2.15. The number of carbonyl (C=O) groups excluding carboxylic acids is 1. The predicted molar refractivity (Wildman–Crippen MR) is 84.9 cm³/mol. The quantitative estimate of drug-likeness (QED) is 0.663. The Morgan fingerprint density at radius 3 is 2.86 bits per heavy atom. The molecule has 0 aliphatic heterocycles. The molecule has 1 aromatic heterocycles. The van der Waals surface area contributed by atoms with E-state index in [0.29, 0.717) is 5.56 Å². The van der Waals surface area contributed by atoms with Gasteiger partial charge in [0.15, 0.2) is 5.76 Å². The maximum Gasteiger partial charge on any atom is 0.170 e. The van der Waals surface area contributed by atoms with Crippen molar-refractivity contribution in [3.63, 3.8) is 0 Å². The summed E-state index contributed by atoms with van der Waals surface area (Å²) in [6.45, 7) is 2.07. The van der Waals surface area contributed by atoms with E-state index in [1.165, 1.54) is 11.1 Å². The minimum absolute atomic E-state index is 0.713. The van der Waals surface area contributed by atoms with Crippen LogP contribution in [0.4, 0.5) is 0 Å². The van der Waals surface area contributed by atoms with Crippen molar-refractivity contribution < 1.29 is 9.32 Å². The van der Waals surface area contributed by atoms with Gasteiger partial charge in [-0.2, -0.15) is 0 Å². The van der Waals surface area contributed by atoms with E-state index >= 15 is 0 Å². The molecule has 0 unspecified atom stereocenters. The van der Waals surface area contributed by atoms with Gasteiger partial charge in [-0.1, -0.05) is 41.1 Å². The smallest absolute Gasteiger partial charge is 0.170 e. The lowest BCUT2D eigenvalue weighted by molar-refractivity contribution is 0.112. The van der Waals surface area contributed by atoms with Crippen LogP contribution in [0.2, 0.25) is 0 Å². The van der Waals surface area contributed by atoms with Crippen LogP contribution in [0.5, 0.6) is 0 Å². The Morgan fingerprint density at radius 2 is 2.05 bits per heavy atom. The molecular weight excluding hydrogens is 274 g/mol. The number of hydrogen-bond donors (Lipinski definition) is 0. The van der Waals surface area contributed by atoms with Crippen LogP contribution < -0.4 is 0 Å². The number of nitrogens with zero attached hydrogens (tertiary/aromatic N) is 1. The molecular formula is C19H15NO2. The third kappa shape index (κ3) is 1.98. The summed E-state index contributed by atoms with van der Waals surface area (Å²) >= 11 is 0. The van der Waals surface area contributed by atoms with Crippen molar-refractivity contribution in [2.75, 3.05) is 0 Å². The van der Waals surface area contributed by atoms with Crippen molar-refractivity contribution in [1.82, 2.24) is 5.16 Å². The van der Waals surface area contributed by atoms with E-state index in [2.05, 4.69) is 30.3 Å². The molecule has 3 heteroatoms. The second-order valence-electron chi connectivity index (χ2n) is 5.74. The van der Waals surface area contributed by atoms with Gasteiger partial charge in [-0.15, -0.1) is 0 Å². The Balaban J connectivity index is 1.86. The third-order valence-electron chi connectivity index (χ3n) is 4.23. The highest BCUT2D eigenvalue weighted by atomic mass is 16.5. The Hall–Kier alpha value is -2.68. The van der Waals surface area contributed by atoms with Crippen molar-refractivity contribution in [1.29, 1.82) is 0 Å². The second-order valence-corrected chi connectivity index (χ2v) is 5.74. The van der Waals surface area contributed by atoms with Gasteiger partial charge in [-0.05, 0) is 37.5 Å². The molecule has 22 heavy (non-hydrogen) atoms. The van der Waals surface area contributed by atoms with Gasteiger partial charge < -0.3 is 4.52 Å². The topological polar surface area (TPSA) is 43.1 Å². The van der Waals surface area contributed by atoms with E-state index in [-0.39, 0.29) is 0 Å². The lowest BCUT2D eigenvalue weighted by atomic mass is 9.87. The first-order valence-electron chi connectivity index (χ1n) is 7.40. The molecule has 0 fully saturated rings. The standard InChI is InChI=1S/C19H15NO2/c1-12-3-2-4-15(9-12)19-17-8-6-14-10-13(11-21)5-7-16(14)18(17)20-22-19/h2-5,7,9-11H,6,8H2,1H3. The van der Waals surface area contributed by atoms with Gasteiger partial charge >= 0.3 is 0 Å². The fraction of sp³-hybridized carbons (Fsp3) is 0.158. The lowest BCUT2D eigenvalue weighted by Crippen LogP contribution is -2.04. The van der Waals surface area contributed by atoms with E-state index in [1.54, 1.807) is 0 Å². The highest BCUT2D eigenvalue weighted by molar-refractivity contribution is 5.81. The average Bonchev–Trinajstić information content (AvgIpc) is 2.98. The first kappa shape index (κ1) is 13.0. The maximum atomic E-state index is 10.9. The fourth-order valence-electron chi connectivity index (χ4n) is 3.15. The summed E-state index contributed by atoms with van der Waals surface area (Å²) in [5.74, 6) is 0.865. The van der Waals surface area contributed by atoms with E-state index in [0.717, 1.165) is 47.3 Å². The Labute approximate surface area is 128 Å². The number of aldehydes is 1. The van der Waals surface area contributed by atoms with Crippen LogP contribution in [0, 0.1) is 6.92 Å². The van der Waals surface area contributed by atoms with Crippen LogP contribution in [-0.4, -0.2) is 11.4 Å². The van der Waals surface area contributed by atoms with Crippen LogP contribution in [-0.2, 0) is 12.8 Å². The molecule has 1 heterocycles. The summed E-state index contributed by atoms with van der Waals surface area (Å²) in [4.78, 5) is 10.9. The summed E-state index contributed by atoms with van der Waals surface area (Å²) in [7, 11) is 0. The first-order valence-corrected chi connectivity index (χ1v) is 7.40. The molecule has 0 radical (unpaired) electrons. The summed E-state index contributed by atoms with van der Waals surface area (Å²) in [6, 6.07) is 14.0. The monoisotopic (exact) mass is 289 g/mol. The highest BCUT2D eigenvalue weighted by Gasteiger charge is 2.24. The molecule has 1 aliphatic rings. The fourth-order valence-corrected chi connectivity index (χ4v) is 3.15. The number of carbonyl (C=O) groups is 1. The molecule has 0 amide bonds. The highest BCUT2D eigenvalue weighted by Crippen LogP contribution is 2.38. The molecule has 0 atom stereocenters. The number of hydrogen-bond acceptors (Lipinski definition) is 3. The number of rotatable bonds is 2. The van der Waals surface area contributed by atoms with Gasteiger partial charge in [0, 0.05) is 22.3 Å². The average molecular weight is 289 g/mol. The Morgan fingerprint density at radius 1 is 1.14 bits per heavy atom. The SMILES string of the molecule is Cc1cccc(-c2onc3c2CCc2cc(C=O)ccc2-3)c1. The van der Waals surface area contributed by atoms with Gasteiger partial charge in [0.05, 0.1) is 0 Å². The molecule has 0 spiro atoms. The second kappa shape index (κ2) is 4.95. The molecule has 0 N–H and O–H groups in total. The zero-order valence-corrected chi connectivity index (χ0v) is 12.3. The van der Waals surface area contributed by atoms with Crippen molar-refractivity contribution >= 4 is 6.29 Å². The molecule has 3 nitrogen and oxygen atoms in total. The van der Waals surface area contributed by atoms with Crippen molar-refractivity contribution in [3.8, 4) is 22.6 Å². The third-order valence-corrected chi connectivity index (χ3v) is 4.23. The van der Waals surface area contributed by atoms with Crippen molar-refractivity contribution in [2.45, 2.75) is 19.8 Å². The molecule has 2 aromatic carbocycles. The molecule has 3 aromatic rings. The first-order chi connectivity index (χ1) is 10.8.